The highest BCUT2D eigenvalue weighted by Gasteiger charge is 2.13. The zero-order valence-electron chi connectivity index (χ0n) is 12.2. The zero-order chi connectivity index (χ0) is 16.4. The molecule has 1 heterocycles. The smallest absolute Gasteiger partial charge is 0.305 e. The van der Waals surface area contributed by atoms with Crippen molar-refractivity contribution in [2.75, 3.05) is 5.32 Å². The Bertz CT molecular complexity index is 868. The molecule has 23 heavy (non-hydrogen) atoms. The minimum absolute atomic E-state index is 0.0846. The molecule has 1 unspecified atom stereocenters. The number of halogens is 1. The van der Waals surface area contributed by atoms with Crippen molar-refractivity contribution in [3.8, 4) is 0 Å². The van der Waals surface area contributed by atoms with Gasteiger partial charge in [0.1, 0.15) is 12.4 Å². The fraction of sp³-hybridized carbons (Fsp3) is 0.125. The molecule has 116 valence electrons. The molecule has 0 aliphatic heterocycles. The van der Waals surface area contributed by atoms with E-state index in [0.29, 0.717) is 11.0 Å². The van der Waals surface area contributed by atoms with E-state index in [4.69, 9.17) is 11.6 Å². The molecular formula is C16H13ClN4O2. The number of hydrogen-bond donors (Lipinski definition) is 1. The van der Waals surface area contributed by atoms with Gasteiger partial charge in [-0.2, -0.15) is 0 Å². The average molecular weight is 329 g/mol. The molecule has 2 aromatic carbocycles. The number of nitro groups is 1. The molecule has 0 saturated carbocycles. The van der Waals surface area contributed by atoms with Crippen molar-refractivity contribution in [2.45, 2.75) is 13.0 Å². The summed E-state index contributed by atoms with van der Waals surface area (Å²) in [5.41, 5.74) is 0.909. The van der Waals surface area contributed by atoms with Crippen molar-refractivity contribution in [1.29, 1.82) is 0 Å². The maximum Gasteiger partial charge on any atom is 0.305 e. The van der Waals surface area contributed by atoms with Crippen LogP contribution in [0.15, 0.2) is 48.8 Å². The largest absolute Gasteiger partial charge is 0.348 e. The summed E-state index contributed by atoms with van der Waals surface area (Å²) in [4.78, 5) is 18.0. The summed E-state index contributed by atoms with van der Waals surface area (Å²) in [7, 11) is 0. The first kappa shape index (κ1) is 15.2. The van der Waals surface area contributed by atoms with Crippen LogP contribution in [0, 0.1) is 10.1 Å². The van der Waals surface area contributed by atoms with E-state index in [2.05, 4.69) is 15.3 Å². The van der Waals surface area contributed by atoms with Gasteiger partial charge in [0, 0.05) is 10.4 Å². The molecule has 6 nitrogen and oxygen atoms in total. The van der Waals surface area contributed by atoms with Crippen LogP contribution in [-0.2, 0) is 0 Å². The Kier molecular flexibility index (Phi) is 4.08. The Balaban J connectivity index is 1.90. The Hall–Kier alpha value is -2.73. The lowest BCUT2D eigenvalue weighted by Gasteiger charge is -2.17. The fourth-order valence-electron chi connectivity index (χ4n) is 2.42. The van der Waals surface area contributed by atoms with Crippen molar-refractivity contribution < 1.29 is 4.92 Å². The Morgan fingerprint density at radius 2 is 1.78 bits per heavy atom. The van der Waals surface area contributed by atoms with Crippen LogP contribution in [0.1, 0.15) is 18.5 Å². The van der Waals surface area contributed by atoms with E-state index in [1.165, 1.54) is 12.4 Å². The topological polar surface area (TPSA) is 81.0 Å². The van der Waals surface area contributed by atoms with Gasteiger partial charge in [0.05, 0.1) is 11.0 Å². The van der Waals surface area contributed by atoms with Gasteiger partial charge < -0.3 is 5.32 Å². The van der Waals surface area contributed by atoms with Gasteiger partial charge in [0.2, 0.25) is 5.95 Å². The molecule has 0 aliphatic rings. The van der Waals surface area contributed by atoms with Gasteiger partial charge in [-0.15, -0.1) is 0 Å². The number of nitrogens with one attached hydrogen (secondary N) is 1. The minimum atomic E-state index is -0.528. The molecular weight excluding hydrogens is 316 g/mol. The molecule has 3 rings (SSSR count). The van der Waals surface area contributed by atoms with Crippen molar-refractivity contribution in [3.63, 3.8) is 0 Å². The normalized spacial score (nSPS) is 12.1. The molecule has 0 spiro atoms. The number of hydrogen-bond acceptors (Lipinski definition) is 5. The second kappa shape index (κ2) is 6.18. The monoisotopic (exact) mass is 328 g/mol. The van der Waals surface area contributed by atoms with Gasteiger partial charge in [-0.1, -0.05) is 41.9 Å². The number of nitrogens with zero attached hydrogens (tertiary/aromatic N) is 3. The number of benzene rings is 2. The quantitative estimate of drug-likeness (QED) is 0.568. The third kappa shape index (κ3) is 3.07. The summed E-state index contributed by atoms with van der Waals surface area (Å²) >= 11 is 6.23. The fourth-order valence-corrected chi connectivity index (χ4v) is 2.65. The van der Waals surface area contributed by atoms with Gasteiger partial charge >= 0.3 is 5.69 Å². The maximum absolute atomic E-state index is 10.6. The van der Waals surface area contributed by atoms with E-state index < -0.39 is 4.92 Å². The first-order valence-corrected chi connectivity index (χ1v) is 7.34. The Morgan fingerprint density at radius 1 is 1.13 bits per heavy atom. The minimum Gasteiger partial charge on any atom is -0.348 e. The third-order valence-electron chi connectivity index (χ3n) is 3.57. The Labute approximate surface area is 137 Å². The van der Waals surface area contributed by atoms with E-state index in [1.54, 1.807) is 0 Å². The third-order valence-corrected chi connectivity index (χ3v) is 3.90. The standard InChI is InChI=1S/C16H13ClN4O2/c1-10(20-16-18-8-11(9-19-16)21(22)23)12-6-7-15(17)14-5-3-2-4-13(12)14/h2-10H,1H3,(H,18,19,20). The Morgan fingerprint density at radius 3 is 2.43 bits per heavy atom. The molecule has 0 amide bonds. The van der Waals surface area contributed by atoms with Crippen LogP contribution in [0.25, 0.3) is 10.8 Å². The summed E-state index contributed by atoms with van der Waals surface area (Å²) in [5, 5.41) is 16.5. The molecule has 3 aromatic rings. The highest BCUT2D eigenvalue weighted by Crippen LogP contribution is 2.30. The summed E-state index contributed by atoms with van der Waals surface area (Å²) in [6.45, 7) is 1.97. The molecule has 0 saturated heterocycles. The summed E-state index contributed by atoms with van der Waals surface area (Å²) in [5.74, 6) is 0.335. The van der Waals surface area contributed by atoms with E-state index in [-0.39, 0.29) is 11.7 Å². The number of aromatic nitrogens is 2. The molecule has 7 heteroatoms. The molecule has 1 N–H and O–H groups in total. The molecule has 0 bridgehead atoms. The van der Waals surface area contributed by atoms with Crippen molar-refractivity contribution in [1.82, 2.24) is 9.97 Å². The first-order valence-electron chi connectivity index (χ1n) is 6.96. The summed E-state index contributed by atoms with van der Waals surface area (Å²) < 4.78 is 0. The molecule has 0 aliphatic carbocycles. The van der Waals surface area contributed by atoms with Crippen LogP contribution < -0.4 is 5.32 Å². The van der Waals surface area contributed by atoms with Crippen LogP contribution in [0.2, 0.25) is 5.02 Å². The first-order chi connectivity index (χ1) is 11.1. The molecule has 1 aromatic heterocycles. The van der Waals surface area contributed by atoms with E-state index in [0.717, 1.165) is 16.3 Å². The van der Waals surface area contributed by atoms with Gasteiger partial charge in [0.15, 0.2) is 0 Å². The highest BCUT2D eigenvalue weighted by atomic mass is 35.5. The van der Waals surface area contributed by atoms with Gasteiger partial charge in [-0.05, 0) is 23.9 Å². The van der Waals surface area contributed by atoms with Gasteiger partial charge in [0.25, 0.3) is 0 Å². The molecule has 0 radical (unpaired) electrons. The lowest BCUT2D eigenvalue weighted by molar-refractivity contribution is -0.385. The van der Waals surface area contributed by atoms with Crippen LogP contribution >= 0.6 is 11.6 Å². The number of fused-ring (bicyclic) bond motifs is 1. The van der Waals surface area contributed by atoms with E-state index in [1.807, 2.05) is 43.3 Å². The second-order valence-corrected chi connectivity index (χ2v) is 5.48. The lowest BCUT2D eigenvalue weighted by atomic mass is 10.00. The maximum atomic E-state index is 10.6. The predicted octanol–water partition coefficient (Wildman–Crippen LogP) is 4.36. The van der Waals surface area contributed by atoms with Crippen LogP contribution in [0.3, 0.4) is 0 Å². The van der Waals surface area contributed by atoms with Gasteiger partial charge in [-0.3, -0.25) is 10.1 Å². The van der Waals surface area contributed by atoms with Crippen LogP contribution in [0.5, 0.6) is 0 Å². The van der Waals surface area contributed by atoms with E-state index >= 15 is 0 Å². The predicted molar refractivity (Wildman–Crippen MR) is 89.7 cm³/mol. The molecule has 1 atom stereocenters. The summed E-state index contributed by atoms with van der Waals surface area (Å²) in [6, 6.07) is 11.6. The molecule has 0 fully saturated rings. The summed E-state index contributed by atoms with van der Waals surface area (Å²) in [6.07, 6.45) is 2.37. The zero-order valence-corrected chi connectivity index (χ0v) is 13.0. The van der Waals surface area contributed by atoms with Crippen molar-refractivity contribution in [3.05, 3.63) is 69.5 Å². The van der Waals surface area contributed by atoms with Crippen molar-refractivity contribution >= 4 is 34.0 Å². The number of rotatable bonds is 4. The second-order valence-electron chi connectivity index (χ2n) is 5.07. The number of anilines is 1. The SMILES string of the molecule is CC(Nc1ncc([N+](=O)[O-])cn1)c1ccc(Cl)c2ccccc12. The highest BCUT2D eigenvalue weighted by molar-refractivity contribution is 6.35. The van der Waals surface area contributed by atoms with Crippen LogP contribution in [0.4, 0.5) is 11.6 Å². The van der Waals surface area contributed by atoms with E-state index in [9.17, 15) is 10.1 Å². The lowest BCUT2D eigenvalue weighted by Crippen LogP contribution is -2.10. The van der Waals surface area contributed by atoms with Crippen LogP contribution in [-0.4, -0.2) is 14.9 Å². The average Bonchev–Trinajstić information content (AvgIpc) is 2.56. The van der Waals surface area contributed by atoms with Crippen molar-refractivity contribution in [2.24, 2.45) is 0 Å². The van der Waals surface area contributed by atoms with Gasteiger partial charge in [-0.25, -0.2) is 9.97 Å².